The zero-order chi connectivity index (χ0) is 12.3. The highest BCUT2D eigenvalue weighted by Gasteiger charge is 2.25. The first kappa shape index (κ1) is 11.9. The van der Waals surface area contributed by atoms with E-state index in [-0.39, 0.29) is 5.69 Å². The molecular formula is C12H18N4O. The highest BCUT2D eigenvalue weighted by atomic mass is 16.1. The molecule has 2 rings (SSSR count). The molecule has 17 heavy (non-hydrogen) atoms. The van der Waals surface area contributed by atoms with Gasteiger partial charge in [-0.2, -0.15) is 0 Å². The molecule has 1 heterocycles. The molecule has 1 aliphatic carbocycles. The molecule has 1 amide bonds. The molecule has 0 aliphatic heterocycles. The van der Waals surface area contributed by atoms with Gasteiger partial charge in [-0.1, -0.05) is 6.42 Å². The fourth-order valence-corrected chi connectivity index (χ4v) is 2.38. The maximum atomic E-state index is 11.0. The summed E-state index contributed by atoms with van der Waals surface area (Å²) >= 11 is 0. The number of nitrogens with one attached hydrogen (secondary N) is 1. The molecule has 0 aromatic carbocycles. The van der Waals surface area contributed by atoms with Crippen molar-refractivity contribution in [2.45, 2.75) is 25.3 Å². The number of pyridine rings is 1. The van der Waals surface area contributed by atoms with Crippen LogP contribution in [0.2, 0.25) is 0 Å². The van der Waals surface area contributed by atoms with Crippen molar-refractivity contribution in [1.82, 2.24) is 4.98 Å². The SMILES string of the molecule is NCC1CCCC1Nc1ccnc(C(N)=O)c1. The van der Waals surface area contributed by atoms with Gasteiger partial charge in [-0.25, -0.2) is 0 Å². The van der Waals surface area contributed by atoms with Gasteiger partial charge in [-0.05, 0) is 37.4 Å². The first-order chi connectivity index (χ1) is 8.20. The van der Waals surface area contributed by atoms with Crippen LogP contribution in [0.4, 0.5) is 5.69 Å². The Kier molecular flexibility index (Phi) is 3.58. The lowest BCUT2D eigenvalue weighted by Gasteiger charge is -2.20. The highest BCUT2D eigenvalue weighted by Crippen LogP contribution is 2.27. The normalized spacial score (nSPS) is 23.6. The Morgan fingerprint density at radius 3 is 3.06 bits per heavy atom. The van der Waals surface area contributed by atoms with Crippen LogP contribution in [0.3, 0.4) is 0 Å². The molecular weight excluding hydrogens is 216 g/mol. The van der Waals surface area contributed by atoms with Gasteiger partial charge in [0.2, 0.25) is 0 Å². The first-order valence-electron chi connectivity index (χ1n) is 5.93. The summed E-state index contributed by atoms with van der Waals surface area (Å²) in [5, 5.41) is 3.41. The Bertz CT molecular complexity index is 407. The third-order valence-electron chi connectivity index (χ3n) is 3.33. The van der Waals surface area contributed by atoms with Gasteiger partial charge in [0.05, 0.1) is 0 Å². The van der Waals surface area contributed by atoms with Crippen molar-refractivity contribution in [2.24, 2.45) is 17.4 Å². The molecule has 1 fully saturated rings. The molecule has 0 spiro atoms. The van der Waals surface area contributed by atoms with Crippen molar-refractivity contribution in [3.63, 3.8) is 0 Å². The van der Waals surface area contributed by atoms with Gasteiger partial charge >= 0.3 is 0 Å². The third kappa shape index (κ3) is 2.74. The molecule has 0 saturated heterocycles. The number of nitrogens with two attached hydrogens (primary N) is 2. The molecule has 5 heteroatoms. The minimum atomic E-state index is -0.504. The number of amides is 1. The van der Waals surface area contributed by atoms with E-state index in [1.54, 1.807) is 12.3 Å². The van der Waals surface area contributed by atoms with E-state index in [0.29, 0.717) is 18.5 Å². The quantitative estimate of drug-likeness (QED) is 0.715. The van der Waals surface area contributed by atoms with Crippen LogP contribution in [0, 0.1) is 5.92 Å². The van der Waals surface area contributed by atoms with Gasteiger partial charge in [-0.15, -0.1) is 0 Å². The topological polar surface area (TPSA) is 94.0 Å². The number of nitrogens with zero attached hydrogens (tertiary/aromatic N) is 1. The molecule has 1 saturated carbocycles. The van der Waals surface area contributed by atoms with Gasteiger partial charge in [-0.3, -0.25) is 9.78 Å². The van der Waals surface area contributed by atoms with Gasteiger partial charge in [0.25, 0.3) is 5.91 Å². The van der Waals surface area contributed by atoms with Gasteiger partial charge in [0, 0.05) is 17.9 Å². The van der Waals surface area contributed by atoms with Crippen molar-refractivity contribution in [1.29, 1.82) is 0 Å². The van der Waals surface area contributed by atoms with Crippen LogP contribution in [0.15, 0.2) is 18.3 Å². The number of primary amides is 1. The summed E-state index contributed by atoms with van der Waals surface area (Å²) in [6.07, 6.45) is 5.08. The van der Waals surface area contributed by atoms with Crippen LogP contribution in [0.25, 0.3) is 0 Å². The Hall–Kier alpha value is -1.62. The van der Waals surface area contributed by atoms with E-state index < -0.39 is 5.91 Å². The number of hydrogen-bond acceptors (Lipinski definition) is 4. The Labute approximate surface area is 101 Å². The number of rotatable bonds is 4. The van der Waals surface area contributed by atoms with Crippen LogP contribution in [-0.2, 0) is 0 Å². The van der Waals surface area contributed by atoms with Crippen molar-refractivity contribution in [2.75, 3.05) is 11.9 Å². The Balaban J connectivity index is 2.07. The molecule has 92 valence electrons. The lowest BCUT2D eigenvalue weighted by atomic mass is 10.0. The maximum absolute atomic E-state index is 11.0. The van der Waals surface area contributed by atoms with Gasteiger partial charge in [0.15, 0.2) is 0 Å². The average molecular weight is 234 g/mol. The lowest BCUT2D eigenvalue weighted by Crippen LogP contribution is -2.29. The third-order valence-corrected chi connectivity index (χ3v) is 3.33. The second-order valence-electron chi connectivity index (χ2n) is 4.47. The highest BCUT2D eigenvalue weighted by molar-refractivity contribution is 5.91. The Morgan fingerprint density at radius 1 is 1.53 bits per heavy atom. The molecule has 0 bridgehead atoms. The van der Waals surface area contributed by atoms with Crippen LogP contribution >= 0.6 is 0 Å². The average Bonchev–Trinajstić information content (AvgIpc) is 2.76. The minimum Gasteiger partial charge on any atom is -0.382 e. The van der Waals surface area contributed by atoms with E-state index in [0.717, 1.165) is 12.1 Å². The van der Waals surface area contributed by atoms with Crippen LogP contribution in [0.1, 0.15) is 29.8 Å². The van der Waals surface area contributed by atoms with Crippen molar-refractivity contribution in [3.05, 3.63) is 24.0 Å². The predicted molar refractivity (Wildman–Crippen MR) is 66.6 cm³/mol. The van der Waals surface area contributed by atoms with E-state index in [1.165, 1.54) is 12.8 Å². The second-order valence-corrected chi connectivity index (χ2v) is 4.47. The van der Waals surface area contributed by atoms with E-state index in [2.05, 4.69) is 10.3 Å². The van der Waals surface area contributed by atoms with Crippen LogP contribution in [-0.4, -0.2) is 23.5 Å². The number of aromatic nitrogens is 1. The molecule has 1 aromatic rings. The summed E-state index contributed by atoms with van der Waals surface area (Å²) in [7, 11) is 0. The fourth-order valence-electron chi connectivity index (χ4n) is 2.38. The predicted octanol–water partition coefficient (Wildman–Crippen LogP) is 0.720. The van der Waals surface area contributed by atoms with E-state index in [4.69, 9.17) is 11.5 Å². The number of carbonyl (C=O) groups is 1. The lowest BCUT2D eigenvalue weighted by molar-refractivity contribution is 0.0995. The molecule has 5 N–H and O–H groups in total. The molecule has 1 aromatic heterocycles. The van der Waals surface area contributed by atoms with Crippen molar-refractivity contribution < 1.29 is 4.79 Å². The summed E-state index contributed by atoms with van der Waals surface area (Å²) in [4.78, 5) is 14.9. The monoisotopic (exact) mass is 234 g/mol. The van der Waals surface area contributed by atoms with E-state index in [9.17, 15) is 4.79 Å². The summed E-state index contributed by atoms with van der Waals surface area (Å²) in [6, 6.07) is 3.93. The van der Waals surface area contributed by atoms with E-state index >= 15 is 0 Å². The molecule has 2 atom stereocenters. The van der Waals surface area contributed by atoms with Gasteiger partial charge < -0.3 is 16.8 Å². The summed E-state index contributed by atoms with van der Waals surface area (Å²) < 4.78 is 0. The zero-order valence-electron chi connectivity index (χ0n) is 9.73. The molecule has 2 unspecified atom stereocenters. The fraction of sp³-hybridized carbons (Fsp3) is 0.500. The molecule has 5 nitrogen and oxygen atoms in total. The van der Waals surface area contributed by atoms with Crippen LogP contribution in [0.5, 0.6) is 0 Å². The first-order valence-corrected chi connectivity index (χ1v) is 5.93. The number of carbonyl (C=O) groups excluding carboxylic acids is 1. The summed E-state index contributed by atoms with van der Waals surface area (Å²) in [6.45, 7) is 0.700. The molecule has 1 aliphatic rings. The Morgan fingerprint density at radius 2 is 2.35 bits per heavy atom. The largest absolute Gasteiger partial charge is 0.382 e. The number of hydrogen-bond donors (Lipinski definition) is 3. The summed E-state index contributed by atoms with van der Waals surface area (Å²) in [5.41, 5.74) is 12.1. The van der Waals surface area contributed by atoms with Gasteiger partial charge in [0.1, 0.15) is 5.69 Å². The van der Waals surface area contributed by atoms with Crippen LogP contribution < -0.4 is 16.8 Å². The van der Waals surface area contributed by atoms with Crippen molar-refractivity contribution in [3.8, 4) is 0 Å². The summed E-state index contributed by atoms with van der Waals surface area (Å²) in [5.74, 6) is 0.00985. The number of anilines is 1. The molecule has 0 radical (unpaired) electrons. The maximum Gasteiger partial charge on any atom is 0.267 e. The van der Waals surface area contributed by atoms with E-state index in [1.807, 2.05) is 6.07 Å². The second kappa shape index (κ2) is 5.14. The van der Waals surface area contributed by atoms with Crippen molar-refractivity contribution >= 4 is 11.6 Å². The smallest absolute Gasteiger partial charge is 0.267 e. The standard InChI is InChI=1S/C12H18N4O/c13-7-8-2-1-3-10(8)16-9-4-5-15-11(6-9)12(14)17/h4-6,8,10H,1-3,7,13H2,(H2,14,17)(H,15,16). The zero-order valence-corrected chi connectivity index (χ0v) is 9.73. The minimum absolute atomic E-state index is 0.289.